The summed E-state index contributed by atoms with van der Waals surface area (Å²) in [6, 6.07) is 7.12. The molecule has 1 aromatic carbocycles. The molecule has 0 aliphatic carbocycles. The van der Waals surface area contributed by atoms with E-state index in [-0.39, 0.29) is 30.1 Å². The molecule has 3 fully saturated rings. The number of carbonyl (C=O) groups is 2. The van der Waals surface area contributed by atoms with Crippen LogP contribution in [-0.2, 0) is 9.53 Å². The Labute approximate surface area is 153 Å². The van der Waals surface area contributed by atoms with Crippen LogP contribution in [0.1, 0.15) is 19.3 Å². The lowest BCUT2D eigenvalue weighted by atomic mass is 9.99. The minimum atomic E-state index is -0.196. The molecule has 26 heavy (non-hydrogen) atoms. The zero-order valence-electron chi connectivity index (χ0n) is 15.0. The molecule has 7 heteroatoms. The zero-order valence-corrected chi connectivity index (χ0v) is 15.0. The first-order chi connectivity index (χ1) is 12.6. The molecule has 3 atom stereocenters. The average molecular weight is 359 g/mol. The fourth-order valence-electron chi connectivity index (χ4n) is 4.16. The SMILES string of the molecule is COc1cccc(NC(=O)N2C[C@H]3C[C@H](C(=O)N4CCCC4)[C@@H](C2)O3)c1. The van der Waals surface area contributed by atoms with Crippen LogP contribution in [0.25, 0.3) is 0 Å². The number of rotatable bonds is 3. The molecule has 0 saturated carbocycles. The van der Waals surface area contributed by atoms with E-state index in [0.29, 0.717) is 30.9 Å². The molecule has 0 unspecified atom stereocenters. The second-order valence-electron chi connectivity index (χ2n) is 7.24. The largest absolute Gasteiger partial charge is 0.497 e. The highest BCUT2D eigenvalue weighted by molar-refractivity contribution is 5.90. The number of amides is 3. The van der Waals surface area contributed by atoms with Gasteiger partial charge in [-0.05, 0) is 31.4 Å². The third-order valence-corrected chi connectivity index (χ3v) is 5.50. The van der Waals surface area contributed by atoms with Crippen molar-refractivity contribution in [2.24, 2.45) is 5.92 Å². The van der Waals surface area contributed by atoms with Gasteiger partial charge < -0.3 is 24.6 Å². The number of fused-ring (bicyclic) bond motifs is 2. The van der Waals surface area contributed by atoms with E-state index in [1.165, 1.54) is 0 Å². The van der Waals surface area contributed by atoms with Crippen molar-refractivity contribution in [3.8, 4) is 5.75 Å². The lowest BCUT2D eigenvalue weighted by molar-refractivity contribution is -0.137. The highest BCUT2D eigenvalue weighted by Gasteiger charge is 2.47. The molecule has 0 radical (unpaired) electrons. The second-order valence-corrected chi connectivity index (χ2v) is 7.24. The Morgan fingerprint density at radius 3 is 2.77 bits per heavy atom. The maximum Gasteiger partial charge on any atom is 0.322 e. The molecular weight excluding hydrogens is 334 g/mol. The van der Waals surface area contributed by atoms with Gasteiger partial charge in [0, 0.05) is 37.9 Å². The lowest BCUT2D eigenvalue weighted by Crippen LogP contribution is -2.49. The van der Waals surface area contributed by atoms with Gasteiger partial charge in [0.2, 0.25) is 5.91 Å². The molecule has 140 valence electrons. The number of nitrogens with zero attached hydrogens (tertiary/aromatic N) is 2. The molecule has 3 aliphatic heterocycles. The Morgan fingerprint density at radius 2 is 2.00 bits per heavy atom. The number of hydrogen-bond acceptors (Lipinski definition) is 4. The van der Waals surface area contributed by atoms with E-state index in [4.69, 9.17) is 9.47 Å². The minimum absolute atomic E-state index is 0.0543. The number of ether oxygens (including phenoxy) is 2. The van der Waals surface area contributed by atoms with Crippen LogP contribution >= 0.6 is 0 Å². The van der Waals surface area contributed by atoms with Crippen LogP contribution in [0.4, 0.5) is 10.5 Å². The van der Waals surface area contributed by atoms with Crippen molar-refractivity contribution in [1.82, 2.24) is 9.80 Å². The first kappa shape index (κ1) is 17.1. The van der Waals surface area contributed by atoms with Crippen LogP contribution in [0.2, 0.25) is 0 Å². The first-order valence-corrected chi connectivity index (χ1v) is 9.28. The number of likely N-dealkylation sites (tertiary alicyclic amines) is 2. The van der Waals surface area contributed by atoms with Gasteiger partial charge in [-0.1, -0.05) is 6.07 Å². The highest BCUT2D eigenvalue weighted by atomic mass is 16.5. The number of hydrogen-bond donors (Lipinski definition) is 1. The van der Waals surface area contributed by atoms with E-state index in [9.17, 15) is 9.59 Å². The topological polar surface area (TPSA) is 71.1 Å². The number of carbonyl (C=O) groups excluding carboxylic acids is 2. The van der Waals surface area contributed by atoms with Crippen molar-refractivity contribution in [3.05, 3.63) is 24.3 Å². The lowest BCUT2D eigenvalue weighted by Gasteiger charge is -2.33. The number of methoxy groups -OCH3 is 1. The summed E-state index contributed by atoms with van der Waals surface area (Å²) in [5.74, 6) is 0.777. The van der Waals surface area contributed by atoms with Crippen LogP contribution in [-0.4, -0.2) is 67.2 Å². The van der Waals surface area contributed by atoms with Gasteiger partial charge in [0.15, 0.2) is 0 Å². The van der Waals surface area contributed by atoms with E-state index < -0.39 is 0 Å². The molecule has 3 amide bonds. The van der Waals surface area contributed by atoms with E-state index in [1.807, 2.05) is 23.1 Å². The standard InChI is InChI=1S/C19H25N3O4/c1-25-14-6-4-5-13(9-14)20-19(24)22-11-15-10-16(17(12-22)26-15)18(23)21-7-2-3-8-21/h4-6,9,15-17H,2-3,7-8,10-12H2,1H3,(H,20,24)/t15-,16+,17-/m1/s1. The van der Waals surface area contributed by atoms with Crippen LogP contribution < -0.4 is 10.1 Å². The Balaban J connectivity index is 1.39. The van der Waals surface area contributed by atoms with Gasteiger partial charge in [-0.15, -0.1) is 0 Å². The van der Waals surface area contributed by atoms with Gasteiger partial charge >= 0.3 is 6.03 Å². The molecule has 3 saturated heterocycles. The van der Waals surface area contributed by atoms with E-state index >= 15 is 0 Å². The highest BCUT2D eigenvalue weighted by Crippen LogP contribution is 2.34. The monoisotopic (exact) mass is 359 g/mol. The van der Waals surface area contributed by atoms with Crippen LogP contribution in [0, 0.1) is 5.92 Å². The Kier molecular flexibility index (Phi) is 4.72. The maximum atomic E-state index is 12.7. The number of anilines is 1. The summed E-state index contributed by atoms with van der Waals surface area (Å²) in [6.45, 7) is 2.69. The van der Waals surface area contributed by atoms with Crippen molar-refractivity contribution < 1.29 is 19.1 Å². The van der Waals surface area contributed by atoms with Gasteiger partial charge in [0.1, 0.15) is 5.75 Å². The van der Waals surface area contributed by atoms with Crippen molar-refractivity contribution >= 4 is 17.6 Å². The van der Waals surface area contributed by atoms with Crippen LogP contribution in [0.15, 0.2) is 24.3 Å². The van der Waals surface area contributed by atoms with Gasteiger partial charge in [-0.3, -0.25) is 4.79 Å². The van der Waals surface area contributed by atoms with Crippen LogP contribution in [0.5, 0.6) is 5.75 Å². The number of benzene rings is 1. The molecule has 1 aromatic rings. The average Bonchev–Trinajstić information content (AvgIpc) is 3.29. The Hall–Kier alpha value is -2.28. The molecule has 3 heterocycles. The number of nitrogens with one attached hydrogen (secondary N) is 1. The number of morpholine rings is 1. The molecule has 7 nitrogen and oxygen atoms in total. The predicted molar refractivity (Wildman–Crippen MR) is 96.2 cm³/mol. The van der Waals surface area contributed by atoms with E-state index in [0.717, 1.165) is 25.9 Å². The number of urea groups is 1. The molecule has 3 aliphatic rings. The van der Waals surface area contributed by atoms with Crippen molar-refractivity contribution in [3.63, 3.8) is 0 Å². The molecule has 0 aromatic heterocycles. The summed E-state index contributed by atoms with van der Waals surface area (Å²) >= 11 is 0. The Bertz CT molecular complexity index is 689. The normalized spacial score (nSPS) is 27.5. The third-order valence-electron chi connectivity index (χ3n) is 5.50. The summed E-state index contributed by atoms with van der Waals surface area (Å²) in [7, 11) is 1.60. The van der Waals surface area contributed by atoms with Gasteiger partial charge in [0.25, 0.3) is 0 Å². The minimum Gasteiger partial charge on any atom is -0.497 e. The second kappa shape index (κ2) is 7.15. The van der Waals surface area contributed by atoms with Gasteiger partial charge in [-0.25, -0.2) is 4.79 Å². The van der Waals surface area contributed by atoms with Gasteiger partial charge in [0.05, 0.1) is 25.2 Å². The fourth-order valence-corrected chi connectivity index (χ4v) is 4.16. The van der Waals surface area contributed by atoms with Crippen molar-refractivity contribution in [2.45, 2.75) is 31.5 Å². The third kappa shape index (κ3) is 3.35. The zero-order chi connectivity index (χ0) is 18.1. The quantitative estimate of drug-likeness (QED) is 0.895. The molecule has 1 N–H and O–H groups in total. The summed E-state index contributed by atoms with van der Waals surface area (Å²) in [4.78, 5) is 29.1. The first-order valence-electron chi connectivity index (χ1n) is 9.28. The summed E-state index contributed by atoms with van der Waals surface area (Å²) < 4.78 is 11.2. The molecule has 0 spiro atoms. The van der Waals surface area contributed by atoms with Crippen molar-refractivity contribution in [2.75, 3.05) is 38.6 Å². The summed E-state index contributed by atoms with van der Waals surface area (Å²) in [5, 5.41) is 2.91. The van der Waals surface area contributed by atoms with Crippen LogP contribution in [0.3, 0.4) is 0 Å². The van der Waals surface area contributed by atoms with E-state index in [1.54, 1.807) is 18.1 Å². The van der Waals surface area contributed by atoms with Gasteiger partial charge in [-0.2, -0.15) is 0 Å². The Morgan fingerprint density at radius 1 is 1.19 bits per heavy atom. The van der Waals surface area contributed by atoms with E-state index in [2.05, 4.69) is 5.32 Å². The van der Waals surface area contributed by atoms with Crippen molar-refractivity contribution in [1.29, 1.82) is 0 Å². The molecule has 4 rings (SSSR count). The fraction of sp³-hybridized carbons (Fsp3) is 0.579. The molecule has 2 bridgehead atoms. The molecular formula is C19H25N3O4. The maximum absolute atomic E-state index is 12.7. The smallest absolute Gasteiger partial charge is 0.322 e. The summed E-state index contributed by atoms with van der Waals surface area (Å²) in [6.07, 6.45) is 2.63. The summed E-state index contributed by atoms with van der Waals surface area (Å²) in [5.41, 5.74) is 0.692. The predicted octanol–water partition coefficient (Wildman–Crippen LogP) is 1.94.